The summed E-state index contributed by atoms with van der Waals surface area (Å²) in [6.45, 7) is 21.8. The van der Waals surface area contributed by atoms with Crippen LogP contribution < -0.4 is 0 Å². The standard InChI is InChI=1S/C18H35N3O/c1-15(2)12-17(5)21-10-11-22-18(14-21)13-19-6-8-20(9-7-19)16(3)4/h15,17-18H,3,6-14H2,1-2,4-5H3/t17?,18-/m0/s1. The quantitative estimate of drug-likeness (QED) is 0.749. The fourth-order valence-corrected chi connectivity index (χ4v) is 3.68. The van der Waals surface area contributed by atoms with Crippen molar-refractivity contribution in [3.63, 3.8) is 0 Å². The van der Waals surface area contributed by atoms with Crippen molar-refractivity contribution < 1.29 is 4.74 Å². The Morgan fingerprint density at radius 2 is 1.82 bits per heavy atom. The van der Waals surface area contributed by atoms with Gasteiger partial charge in [0.15, 0.2) is 0 Å². The van der Waals surface area contributed by atoms with Gasteiger partial charge in [-0.3, -0.25) is 9.80 Å². The third-order valence-corrected chi connectivity index (χ3v) is 4.98. The van der Waals surface area contributed by atoms with Crippen LogP contribution in [0.1, 0.15) is 34.1 Å². The first-order chi connectivity index (χ1) is 10.5. The van der Waals surface area contributed by atoms with Crippen LogP contribution in [-0.2, 0) is 4.74 Å². The highest BCUT2D eigenvalue weighted by Gasteiger charge is 2.27. The molecule has 22 heavy (non-hydrogen) atoms. The van der Waals surface area contributed by atoms with Gasteiger partial charge in [-0.05, 0) is 26.2 Å². The second-order valence-electron chi connectivity index (χ2n) is 7.49. The predicted molar refractivity (Wildman–Crippen MR) is 93.1 cm³/mol. The maximum atomic E-state index is 6.03. The Labute approximate surface area is 137 Å². The van der Waals surface area contributed by atoms with Gasteiger partial charge in [0.25, 0.3) is 0 Å². The molecule has 0 amide bonds. The molecule has 0 bridgehead atoms. The van der Waals surface area contributed by atoms with E-state index in [0.29, 0.717) is 12.1 Å². The van der Waals surface area contributed by atoms with Crippen molar-refractivity contribution in [3.05, 3.63) is 12.3 Å². The number of rotatable bonds is 6. The van der Waals surface area contributed by atoms with Crippen molar-refractivity contribution in [2.24, 2.45) is 5.92 Å². The van der Waals surface area contributed by atoms with E-state index in [4.69, 9.17) is 4.74 Å². The zero-order chi connectivity index (χ0) is 16.1. The smallest absolute Gasteiger partial charge is 0.0829 e. The van der Waals surface area contributed by atoms with Crippen LogP contribution in [0.3, 0.4) is 0 Å². The third-order valence-electron chi connectivity index (χ3n) is 4.98. The van der Waals surface area contributed by atoms with Crippen molar-refractivity contribution in [1.29, 1.82) is 0 Å². The molecule has 2 heterocycles. The summed E-state index contributed by atoms with van der Waals surface area (Å²) >= 11 is 0. The number of piperazine rings is 1. The molecule has 0 saturated carbocycles. The molecule has 2 saturated heterocycles. The van der Waals surface area contributed by atoms with Crippen LogP contribution >= 0.6 is 0 Å². The largest absolute Gasteiger partial charge is 0.374 e. The van der Waals surface area contributed by atoms with Gasteiger partial charge in [-0.25, -0.2) is 0 Å². The molecule has 4 heteroatoms. The van der Waals surface area contributed by atoms with E-state index < -0.39 is 0 Å². The van der Waals surface area contributed by atoms with E-state index in [-0.39, 0.29) is 0 Å². The first-order valence-corrected chi connectivity index (χ1v) is 8.94. The Hall–Kier alpha value is -0.580. The lowest BCUT2D eigenvalue weighted by atomic mass is 10.0. The molecule has 0 radical (unpaired) electrons. The van der Waals surface area contributed by atoms with Crippen LogP contribution in [-0.4, -0.2) is 79.3 Å². The van der Waals surface area contributed by atoms with E-state index in [2.05, 4.69) is 49.0 Å². The summed E-state index contributed by atoms with van der Waals surface area (Å²) in [6.07, 6.45) is 1.66. The van der Waals surface area contributed by atoms with E-state index in [1.54, 1.807) is 0 Å². The normalized spacial score (nSPS) is 26.4. The molecule has 1 unspecified atom stereocenters. The zero-order valence-electron chi connectivity index (χ0n) is 15.1. The number of ether oxygens (including phenoxy) is 1. The second-order valence-corrected chi connectivity index (χ2v) is 7.49. The van der Waals surface area contributed by atoms with Gasteiger partial charge in [0.2, 0.25) is 0 Å². The lowest BCUT2D eigenvalue weighted by molar-refractivity contribution is -0.0593. The van der Waals surface area contributed by atoms with Gasteiger partial charge in [-0.15, -0.1) is 0 Å². The van der Waals surface area contributed by atoms with Crippen LogP contribution in [0.15, 0.2) is 12.3 Å². The maximum absolute atomic E-state index is 6.03. The molecule has 128 valence electrons. The van der Waals surface area contributed by atoms with Gasteiger partial charge in [-0.1, -0.05) is 20.4 Å². The minimum absolute atomic E-state index is 0.375. The van der Waals surface area contributed by atoms with Crippen LogP contribution in [0.25, 0.3) is 0 Å². The van der Waals surface area contributed by atoms with E-state index in [0.717, 1.165) is 58.3 Å². The average Bonchev–Trinajstić information content (AvgIpc) is 2.47. The number of hydrogen-bond acceptors (Lipinski definition) is 4. The van der Waals surface area contributed by atoms with Gasteiger partial charge in [0.05, 0.1) is 12.7 Å². The average molecular weight is 309 g/mol. The van der Waals surface area contributed by atoms with Gasteiger partial charge in [-0.2, -0.15) is 0 Å². The molecule has 2 aliphatic heterocycles. The third kappa shape index (κ3) is 5.25. The molecule has 2 atom stereocenters. The van der Waals surface area contributed by atoms with Gasteiger partial charge >= 0.3 is 0 Å². The Bertz CT molecular complexity index is 350. The van der Waals surface area contributed by atoms with Crippen molar-refractivity contribution in [2.45, 2.75) is 46.3 Å². The summed E-state index contributed by atoms with van der Waals surface area (Å²) in [7, 11) is 0. The molecule has 2 fully saturated rings. The van der Waals surface area contributed by atoms with E-state index >= 15 is 0 Å². The van der Waals surface area contributed by atoms with Crippen molar-refractivity contribution >= 4 is 0 Å². The number of allylic oxidation sites excluding steroid dienone is 1. The monoisotopic (exact) mass is 309 g/mol. The fraction of sp³-hybridized carbons (Fsp3) is 0.889. The number of hydrogen-bond donors (Lipinski definition) is 0. The minimum Gasteiger partial charge on any atom is -0.374 e. The van der Waals surface area contributed by atoms with Gasteiger partial charge < -0.3 is 9.64 Å². The van der Waals surface area contributed by atoms with E-state index in [1.165, 1.54) is 12.1 Å². The molecular weight excluding hydrogens is 274 g/mol. The first-order valence-electron chi connectivity index (χ1n) is 8.94. The Morgan fingerprint density at radius 1 is 1.14 bits per heavy atom. The predicted octanol–water partition coefficient (Wildman–Crippen LogP) is 2.27. The molecule has 0 aromatic rings. The molecule has 4 nitrogen and oxygen atoms in total. The topological polar surface area (TPSA) is 19.0 Å². The van der Waals surface area contributed by atoms with Crippen LogP contribution in [0.2, 0.25) is 0 Å². The highest BCUT2D eigenvalue weighted by molar-refractivity contribution is 4.92. The SMILES string of the molecule is C=C(C)N1CCN(C[C@H]2CN(C(C)CC(C)C)CCO2)CC1. The first kappa shape index (κ1) is 17.8. The molecule has 0 N–H and O–H groups in total. The van der Waals surface area contributed by atoms with E-state index in [1.807, 2.05) is 0 Å². The lowest BCUT2D eigenvalue weighted by Gasteiger charge is -2.41. The molecule has 0 spiro atoms. The molecule has 0 aliphatic carbocycles. The highest BCUT2D eigenvalue weighted by Crippen LogP contribution is 2.16. The minimum atomic E-state index is 0.375. The van der Waals surface area contributed by atoms with Gasteiger partial charge in [0, 0.05) is 57.6 Å². The number of nitrogens with zero attached hydrogens (tertiary/aromatic N) is 3. The Balaban J connectivity index is 1.75. The number of morpholine rings is 1. The molecule has 2 rings (SSSR count). The molecule has 0 aromatic carbocycles. The lowest BCUT2D eigenvalue weighted by Crippen LogP contribution is -2.53. The van der Waals surface area contributed by atoms with Crippen molar-refractivity contribution in [2.75, 3.05) is 52.4 Å². The Kier molecular flexibility index (Phi) is 6.72. The summed E-state index contributed by atoms with van der Waals surface area (Å²) < 4.78 is 6.03. The molecular formula is C18H35N3O. The summed E-state index contributed by atoms with van der Waals surface area (Å²) in [4.78, 5) is 7.56. The fourth-order valence-electron chi connectivity index (χ4n) is 3.68. The molecule has 2 aliphatic rings. The van der Waals surface area contributed by atoms with Crippen LogP contribution in [0, 0.1) is 5.92 Å². The van der Waals surface area contributed by atoms with E-state index in [9.17, 15) is 0 Å². The zero-order valence-corrected chi connectivity index (χ0v) is 15.1. The van der Waals surface area contributed by atoms with Crippen LogP contribution in [0.4, 0.5) is 0 Å². The van der Waals surface area contributed by atoms with Crippen molar-refractivity contribution in [1.82, 2.24) is 14.7 Å². The van der Waals surface area contributed by atoms with Crippen molar-refractivity contribution in [3.8, 4) is 0 Å². The summed E-state index contributed by atoms with van der Waals surface area (Å²) in [5.74, 6) is 0.770. The highest BCUT2D eigenvalue weighted by atomic mass is 16.5. The maximum Gasteiger partial charge on any atom is 0.0829 e. The summed E-state index contributed by atoms with van der Waals surface area (Å²) in [5.41, 5.74) is 1.20. The van der Waals surface area contributed by atoms with Gasteiger partial charge in [0.1, 0.15) is 0 Å². The second kappa shape index (κ2) is 8.32. The molecule has 0 aromatic heterocycles. The summed E-state index contributed by atoms with van der Waals surface area (Å²) in [6, 6.07) is 0.673. The van der Waals surface area contributed by atoms with Crippen LogP contribution in [0.5, 0.6) is 0 Å². The summed E-state index contributed by atoms with van der Waals surface area (Å²) in [5, 5.41) is 0. The Morgan fingerprint density at radius 3 is 2.41 bits per heavy atom.